The number of carbonyl (C=O) groups is 2. The molecule has 0 saturated carbocycles. The average Bonchev–Trinajstić information content (AvgIpc) is 2.68. The molecule has 3 rings (SSSR count). The van der Waals surface area contributed by atoms with E-state index in [1.807, 2.05) is 24.3 Å². The van der Waals surface area contributed by atoms with Crippen LogP contribution in [0, 0.1) is 0 Å². The molecule has 5 nitrogen and oxygen atoms in total. The Balaban J connectivity index is 2.08. The Morgan fingerprint density at radius 2 is 1.89 bits per heavy atom. The quantitative estimate of drug-likeness (QED) is 0.662. The van der Waals surface area contributed by atoms with Crippen LogP contribution in [0.25, 0.3) is 0 Å². The maximum absolute atomic E-state index is 12.8. The van der Waals surface area contributed by atoms with Crippen LogP contribution in [0.3, 0.4) is 0 Å². The number of halogens is 2. The Morgan fingerprint density at radius 1 is 1.18 bits per heavy atom. The highest BCUT2D eigenvalue weighted by atomic mass is 35.5. The van der Waals surface area contributed by atoms with Crippen molar-refractivity contribution in [2.45, 2.75) is 32.0 Å². The van der Waals surface area contributed by atoms with Gasteiger partial charge in [-0.25, -0.2) is 4.79 Å². The minimum atomic E-state index is -0.765. The topological polar surface area (TPSA) is 55.8 Å². The van der Waals surface area contributed by atoms with Gasteiger partial charge in [-0.15, -0.1) is 0 Å². The molecule has 0 N–H and O–H groups in total. The van der Waals surface area contributed by atoms with Crippen LogP contribution >= 0.6 is 23.2 Å². The fourth-order valence-corrected chi connectivity index (χ4v) is 3.74. The molecule has 28 heavy (non-hydrogen) atoms. The van der Waals surface area contributed by atoms with E-state index in [4.69, 9.17) is 32.7 Å². The summed E-state index contributed by atoms with van der Waals surface area (Å²) in [6.07, 6.45) is -0.491. The van der Waals surface area contributed by atoms with Gasteiger partial charge in [0, 0.05) is 10.0 Å². The molecule has 0 aliphatic carbocycles. The second-order valence-electron chi connectivity index (χ2n) is 6.51. The van der Waals surface area contributed by atoms with Gasteiger partial charge in [-0.1, -0.05) is 47.5 Å². The zero-order chi connectivity index (χ0) is 20.3. The van der Waals surface area contributed by atoms with Gasteiger partial charge >= 0.3 is 5.97 Å². The Bertz CT molecular complexity index is 856. The minimum Gasteiger partial charge on any atom is -0.464 e. The van der Waals surface area contributed by atoms with E-state index in [0.717, 1.165) is 11.1 Å². The summed E-state index contributed by atoms with van der Waals surface area (Å²) < 4.78 is 11.1. The molecule has 1 saturated heterocycles. The van der Waals surface area contributed by atoms with Crippen LogP contribution in [0.1, 0.15) is 37.1 Å². The lowest BCUT2D eigenvalue weighted by atomic mass is 9.91. The molecule has 1 fully saturated rings. The van der Waals surface area contributed by atoms with Gasteiger partial charge in [0.15, 0.2) is 0 Å². The molecule has 0 unspecified atom stereocenters. The molecule has 148 valence electrons. The largest absolute Gasteiger partial charge is 0.464 e. The van der Waals surface area contributed by atoms with Crippen LogP contribution in [-0.2, 0) is 19.1 Å². The third-order valence-electron chi connectivity index (χ3n) is 4.69. The summed E-state index contributed by atoms with van der Waals surface area (Å²) >= 11 is 12.2. The normalized spacial score (nSPS) is 20.7. The maximum Gasteiger partial charge on any atom is 0.328 e. The SMILES string of the molecule is CCOC(=O)[C@@H](C)N1C(=O)CO[C@H](c2cccc(Cl)c2)[C@@H]1c1ccc(Cl)cc1. The van der Waals surface area contributed by atoms with Crippen LogP contribution in [0.2, 0.25) is 10.0 Å². The van der Waals surface area contributed by atoms with Gasteiger partial charge in [-0.05, 0) is 49.2 Å². The molecule has 1 heterocycles. The van der Waals surface area contributed by atoms with Crippen LogP contribution in [0.4, 0.5) is 0 Å². The maximum atomic E-state index is 12.8. The van der Waals surface area contributed by atoms with E-state index in [1.54, 1.807) is 38.1 Å². The van der Waals surface area contributed by atoms with Crippen molar-refractivity contribution < 1.29 is 19.1 Å². The van der Waals surface area contributed by atoms with Crippen molar-refractivity contribution >= 4 is 35.1 Å². The first-order valence-electron chi connectivity index (χ1n) is 9.02. The number of carbonyl (C=O) groups excluding carboxylic acids is 2. The van der Waals surface area contributed by atoms with E-state index < -0.39 is 24.2 Å². The number of benzene rings is 2. The molecular formula is C21H21Cl2NO4. The molecule has 3 atom stereocenters. The first kappa shape index (κ1) is 20.6. The number of hydrogen-bond acceptors (Lipinski definition) is 4. The predicted molar refractivity (Wildman–Crippen MR) is 107 cm³/mol. The summed E-state index contributed by atoms with van der Waals surface area (Å²) in [4.78, 5) is 26.7. The number of esters is 1. The monoisotopic (exact) mass is 421 g/mol. The van der Waals surface area contributed by atoms with E-state index in [-0.39, 0.29) is 19.1 Å². The number of rotatable bonds is 5. The van der Waals surface area contributed by atoms with E-state index >= 15 is 0 Å². The molecule has 1 aliphatic heterocycles. The van der Waals surface area contributed by atoms with E-state index in [1.165, 1.54) is 4.90 Å². The lowest BCUT2D eigenvalue weighted by Gasteiger charge is -2.43. The lowest BCUT2D eigenvalue weighted by molar-refractivity contribution is -0.172. The molecular weight excluding hydrogens is 401 g/mol. The predicted octanol–water partition coefficient (Wildman–Crippen LogP) is 4.59. The Kier molecular flexibility index (Phi) is 6.60. The number of hydrogen-bond donors (Lipinski definition) is 0. The summed E-state index contributed by atoms with van der Waals surface area (Å²) in [7, 11) is 0. The Labute approximate surface area is 174 Å². The molecule has 2 aromatic carbocycles. The zero-order valence-corrected chi connectivity index (χ0v) is 17.1. The number of nitrogens with zero attached hydrogens (tertiary/aromatic N) is 1. The summed E-state index contributed by atoms with van der Waals surface area (Å²) in [6.45, 7) is 3.51. The van der Waals surface area contributed by atoms with Crippen molar-refractivity contribution in [3.8, 4) is 0 Å². The van der Waals surface area contributed by atoms with Crippen molar-refractivity contribution in [1.29, 1.82) is 0 Å². The minimum absolute atomic E-state index is 0.134. The van der Waals surface area contributed by atoms with Crippen LogP contribution < -0.4 is 0 Å². The Hall–Kier alpha value is -2.08. The molecule has 0 aromatic heterocycles. The van der Waals surface area contributed by atoms with E-state index in [0.29, 0.717) is 10.0 Å². The molecule has 7 heteroatoms. The van der Waals surface area contributed by atoms with Gasteiger partial charge in [-0.2, -0.15) is 0 Å². The van der Waals surface area contributed by atoms with Gasteiger partial charge in [-0.3, -0.25) is 4.79 Å². The third kappa shape index (κ3) is 4.32. The average molecular weight is 422 g/mol. The summed E-state index contributed by atoms with van der Waals surface area (Å²) in [6, 6.07) is 13.2. The first-order valence-corrected chi connectivity index (χ1v) is 9.78. The van der Waals surface area contributed by atoms with Crippen molar-refractivity contribution in [2.75, 3.05) is 13.2 Å². The van der Waals surface area contributed by atoms with Crippen LogP contribution in [0.5, 0.6) is 0 Å². The summed E-state index contributed by atoms with van der Waals surface area (Å²) in [5.74, 6) is -0.736. The van der Waals surface area contributed by atoms with Crippen molar-refractivity contribution in [3.05, 3.63) is 69.7 Å². The standard InChI is InChI=1S/C21H21Cl2NO4/c1-3-27-21(26)13(2)24-18(25)12-28-20(15-5-4-6-17(23)11-15)19(24)14-7-9-16(22)10-8-14/h4-11,13,19-20H,3,12H2,1-2H3/t13-,19+,20-/m1/s1. The highest BCUT2D eigenvalue weighted by Crippen LogP contribution is 2.42. The Morgan fingerprint density at radius 3 is 2.54 bits per heavy atom. The first-order chi connectivity index (χ1) is 13.4. The molecule has 0 radical (unpaired) electrons. The van der Waals surface area contributed by atoms with E-state index in [9.17, 15) is 9.59 Å². The lowest BCUT2D eigenvalue weighted by Crippen LogP contribution is -2.52. The number of amides is 1. The highest BCUT2D eigenvalue weighted by molar-refractivity contribution is 6.30. The van der Waals surface area contributed by atoms with Gasteiger partial charge < -0.3 is 14.4 Å². The van der Waals surface area contributed by atoms with Gasteiger partial charge in [0.05, 0.1) is 12.6 Å². The summed E-state index contributed by atoms with van der Waals surface area (Å²) in [5, 5.41) is 1.15. The third-order valence-corrected chi connectivity index (χ3v) is 5.18. The summed E-state index contributed by atoms with van der Waals surface area (Å²) in [5.41, 5.74) is 1.62. The highest BCUT2D eigenvalue weighted by Gasteiger charge is 2.43. The molecule has 2 aromatic rings. The van der Waals surface area contributed by atoms with Crippen molar-refractivity contribution in [1.82, 2.24) is 4.90 Å². The second kappa shape index (κ2) is 8.95. The molecule has 0 bridgehead atoms. The fraction of sp³-hybridized carbons (Fsp3) is 0.333. The zero-order valence-electron chi connectivity index (χ0n) is 15.6. The molecule has 1 amide bonds. The van der Waals surface area contributed by atoms with Crippen molar-refractivity contribution in [3.63, 3.8) is 0 Å². The van der Waals surface area contributed by atoms with Crippen LogP contribution in [0.15, 0.2) is 48.5 Å². The van der Waals surface area contributed by atoms with Crippen LogP contribution in [-0.4, -0.2) is 36.0 Å². The van der Waals surface area contributed by atoms with E-state index in [2.05, 4.69) is 0 Å². The second-order valence-corrected chi connectivity index (χ2v) is 7.38. The molecule has 1 aliphatic rings. The molecule has 0 spiro atoms. The van der Waals surface area contributed by atoms with Crippen molar-refractivity contribution in [2.24, 2.45) is 0 Å². The fourth-order valence-electron chi connectivity index (χ4n) is 3.42. The smallest absolute Gasteiger partial charge is 0.328 e. The van der Waals surface area contributed by atoms with Gasteiger partial charge in [0.2, 0.25) is 5.91 Å². The number of morpholine rings is 1. The van der Waals surface area contributed by atoms with Gasteiger partial charge in [0.25, 0.3) is 0 Å². The van der Waals surface area contributed by atoms with Gasteiger partial charge in [0.1, 0.15) is 18.8 Å². The number of ether oxygens (including phenoxy) is 2.